The molecule has 0 aromatic carbocycles. The average molecular weight is 347 g/mol. The fourth-order valence-corrected chi connectivity index (χ4v) is 3.08. The number of urea groups is 1. The number of ether oxygens (including phenoxy) is 1. The Hall–Kier alpha value is -1.89. The van der Waals surface area contributed by atoms with Crippen LogP contribution in [0, 0.1) is 0 Å². The molecule has 2 fully saturated rings. The van der Waals surface area contributed by atoms with Crippen molar-refractivity contribution in [1.82, 2.24) is 20.4 Å². The molecule has 25 heavy (non-hydrogen) atoms. The van der Waals surface area contributed by atoms with Crippen LogP contribution in [-0.2, 0) is 10.2 Å². The van der Waals surface area contributed by atoms with Gasteiger partial charge in [-0.2, -0.15) is 5.10 Å². The van der Waals surface area contributed by atoms with Gasteiger partial charge in [0.05, 0.1) is 17.8 Å². The molecule has 2 saturated heterocycles. The second-order valence-electron chi connectivity index (χ2n) is 8.02. The van der Waals surface area contributed by atoms with E-state index in [0.29, 0.717) is 6.54 Å². The summed E-state index contributed by atoms with van der Waals surface area (Å²) < 4.78 is 5.54. The third-order valence-corrected chi connectivity index (χ3v) is 4.98. The standard InChI is InChI=1S/C18H29N5O2/c1-18(2,3)15-7-8-16(21-20-15)23-11-13(12-23)22(4)17(24)19-10-14-6-5-9-25-14/h7-8,13-14H,5-6,9-12H2,1-4H3,(H,19,24). The first-order valence-electron chi connectivity index (χ1n) is 9.06. The van der Waals surface area contributed by atoms with Gasteiger partial charge in [-0.25, -0.2) is 4.79 Å². The van der Waals surface area contributed by atoms with Gasteiger partial charge in [-0.15, -0.1) is 5.10 Å². The lowest BCUT2D eigenvalue weighted by Crippen LogP contribution is -2.61. The molecule has 1 N–H and O–H groups in total. The molecule has 2 aliphatic rings. The Labute approximate surface area is 149 Å². The zero-order valence-electron chi connectivity index (χ0n) is 15.7. The van der Waals surface area contributed by atoms with E-state index in [9.17, 15) is 4.79 Å². The SMILES string of the molecule is CN(C(=O)NCC1CCCO1)C1CN(c2ccc(C(C)(C)C)nn2)C1. The predicted octanol–water partition coefficient (Wildman–Crippen LogP) is 1.78. The zero-order chi connectivity index (χ0) is 18.0. The van der Waals surface area contributed by atoms with Gasteiger partial charge in [0.25, 0.3) is 0 Å². The number of carbonyl (C=O) groups excluding carboxylic acids is 1. The number of nitrogens with one attached hydrogen (secondary N) is 1. The van der Waals surface area contributed by atoms with Gasteiger partial charge in [0.1, 0.15) is 0 Å². The fourth-order valence-electron chi connectivity index (χ4n) is 3.08. The van der Waals surface area contributed by atoms with Crippen molar-refractivity contribution >= 4 is 11.8 Å². The number of anilines is 1. The number of hydrogen-bond donors (Lipinski definition) is 1. The summed E-state index contributed by atoms with van der Waals surface area (Å²) in [7, 11) is 1.85. The highest BCUT2D eigenvalue weighted by molar-refractivity contribution is 5.74. The number of nitrogens with zero attached hydrogens (tertiary/aromatic N) is 4. The third-order valence-electron chi connectivity index (χ3n) is 4.98. The first kappa shape index (κ1) is 17.9. The first-order valence-corrected chi connectivity index (χ1v) is 9.06. The maximum absolute atomic E-state index is 12.2. The molecule has 2 amide bonds. The number of likely N-dealkylation sites (N-methyl/N-ethyl adjacent to an activating group) is 1. The summed E-state index contributed by atoms with van der Waals surface area (Å²) in [4.78, 5) is 16.2. The molecule has 1 aromatic heterocycles. The molecule has 3 heterocycles. The Kier molecular flexibility index (Phi) is 5.13. The number of rotatable bonds is 4. The smallest absolute Gasteiger partial charge is 0.317 e. The van der Waals surface area contributed by atoms with Gasteiger partial charge in [-0.1, -0.05) is 20.8 Å². The predicted molar refractivity (Wildman–Crippen MR) is 96.9 cm³/mol. The van der Waals surface area contributed by atoms with E-state index in [1.54, 1.807) is 4.90 Å². The molecule has 7 nitrogen and oxygen atoms in total. The van der Waals surface area contributed by atoms with Crippen LogP contribution in [0.1, 0.15) is 39.3 Å². The van der Waals surface area contributed by atoms with Gasteiger partial charge in [-0.3, -0.25) is 0 Å². The monoisotopic (exact) mass is 347 g/mol. The molecule has 7 heteroatoms. The van der Waals surface area contributed by atoms with Crippen LogP contribution in [0.25, 0.3) is 0 Å². The van der Waals surface area contributed by atoms with Crippen molar-refractivity contribution in [3.05, 3.63) is 17.8 Å². The Bertz CT molecular complexity index is 586. The van der Waals surface area contributed by atoms with Gasteiger partial charge in [0, 0.05) is 38.7 Å². The highest BCUT2D eigenvalue weighted by Crippen LogP contribution is 2.24. The van der Waals surface area contributed by atoms with Gasteiger partial charge in [0.2, 0.25) is 0 Å². The fraction of sp³-hybridized carbons (Fsp3) is 0.722. The molecule has 2 aliphatic heterocycles. The lowest BCUT2D eigenvalue weighted by Gasteiger charge is -2.44. The van der Waals surface area contributed by atoms with E-state index >= 15 is 0 Å². The van der Waals surface area contributed by atoms with Crippen LogP contribution in [0.4, 0.5) is 10.6 Å². The highest BCUT2D eigenvalue weighted by atomic mass is 16.5. The number of carbonyl (C=O) groups is 1. The van der Waals surface area contributed by atoms with Crippen molar-refractivity contribution in [2.24, 2.45) is 0 Å². The Balaban J connectivity index is 1.45. The number of aromatic nitrogens is 2. The maximum atomic E-state index is 12.2. The largest absolute Gasteiger partial charge is 0.376 e. The lowest BCUT2D eigenvalue weighted by molar-refractivity contribution is 0.107. The third kappa shape index (κ3) is 4.21. The number of amides is 2. The van der Waals surface area contributed by atoms with Gasteiger partial charge in [-0.05, 0) is 25.0 Å². The molecule has 0 aliphatic carbocycles. The van der Waals surface area contributed by atoms with Crippen LogP contribution in [0.2, 0.25) is 0 Å². The van der Waals surface area contributed by atoms with E-state index in [1.165, 1.54) is 0 Å². The summed E-state index contributed by atoms with van der Waals surface area (Å²) in [6.45, 7) is 9.35. The second kappa shape index (κ2) is 7.15. The average Bonchev–Trinajstić information content (AvgIpc) is 3.04. The van der Waals surface area contributed by atoms with Crippen LogP contribution in [-0.4, -0.2) is 66.6 Å². The van der Waals surface area contributed by atoms with Crippen LogP contribution in [0.5, 0.6) is 0 Å². The van der Waals surface area contributed by atoms with Crippen molar-refractivity contribution in [2.45, 2.75) is 51.2 Å². The van der Waals surface area contributed by atoms with E-state index in [4.69, 9.17) is 4.74 Å². The molecule has 0 bridgehead atoms. The molecular formula is C18H29N5O2. The van der Waals surface area contributed by atoms with Gasteiger partial charge < -0.3 is 19.9 Å². The summed E-state index contributed by atoms with van der Waals surface area (Å²) in [5.74, 6) is 0.873. The normalized spacial score (nSPS) is 21.1. The molecular weight excluding hydrogens is 318 g/mol. The highest BCUT2D eigenvalue weighted by Gasteiger charge is 2.33. The minimum Gasteiger partial charge on any atom is -0.376 e. The van der Waals surface area contributed by atoms with Crippen molar-refractivity contribution in [3.63, 3.8) is 0 Å². The second-order valence-corrected chi connectivity index (χ2v) is 8.02. The van der Waals surface area contributed by atoms with E-state index in [0.717, 1.165) is 44.0 Å². The lowest BCUT2D eigenvalue weighted by atomic mass is 9.92. The van der Waals surface area contributed by atoms with Crippen molar-refractivity contribution < 1.29 is 9.53 Å². The molecule has 1 aromatic rings. The van der Waals surface area contributed by atoms with E-state index < -0.39 is 0 Å². The van der Waals surface area contributed by atoms with E-state index in [-0.39, 0.29) is 23.6 Å². The van der Waals surface area contributed by atoms with E-state index in [1.807, 2.05) is 19.2 Å². The molecule has 3 rings (SSSR count). The summed E-state index contributed by atoms with van der Waals surface area (Å²) in [5, 5.41) is 11.6. The minimum atomic E-state index is -0.0330. The summed E-state index contributed by atoms with van der Waals surface area (Å²) in [6.07, 6.45) is 2.29. The Morgan fingerprint density at radius 2 is 2.12 bits per heavy atom. The maximum Gasteiger partial charge on any atom is 0.317 e. The van der Waals surface area contributed by atoms with Crippen LogP contribution in [0.3, 0.4) is 0 Å². The van der Waals surface area contributed by atoms with Crippen molar-refractivity contribution in [3.8, 4) is 0 Å². The molecule has 0 saturated carbocycles. The minimum absolute atomic E-state index is 0.00432. The van der Waals surface area contributed by atoms with Crippen LogP contribution in [0.15, 0.2) is 12.1 Å². The molecule has 138 valence electrons. The van der Waals surface area contributed by atoms with Crippen LogP contribution < -0.4 is 10.2 Å². The molecule has 1 atom stereocenters. The summed E-state index contributed by atoms with van der Waals surface area (Å²) >= 11 is 0. The summed E-state index contributed by atoms with van der Waals surface area (Å²) in [6, 6.07) is 4.22. The van der Waals surface area contributed by atoms with Crippen molar-refractivity contribution in [1.29, 1.82) is 0 Å². The summed E-state index contributed by atoms with van der Waals surface area (Å²) in [5.41, 5.74) is 0.989. The van der Waals surface area contributed by atoms with E-state index in [2.05, 4.69) is 41.2 Å². The molecule has 0 spiro atoms. The quantitative estimate of drug-likeness (QED) is 0.899. The zero-order valence-corrected chi connectivity index (χ0v) is 15.7. The first-order chi connectivity index (χ1) is 11.8. The topological polar surface area (TPSA) is 70.6 Å². The number of hydrogen-bond acceptors (Lipinski definition) is 5. The van der Waals surface area contributed by atoms with Gasteiger partial charge >= 0.3 is 6.03 Å². The Morgan fingerprint density at radius 1 is 1.36 bits per heavy atom. The molecule has 0 radical (unpaired) electrons. The van der Waals surface area contributed by atoms with Crippen LogP contribution >= 0.6 is 0 Å². The van der Waals surface area contributed by atoms with Gasteiger partial charge in [0.15, 0.2) is 5.82 Å². The molecule has 1 unspecified atom stereocenters. The van der Waals surface area contributed by atoms with Crippen molar-refractivity contribution in [2.75, 3.05) is 38.2 Å². The Morgan fingerprint density at radius 3 is 2.68 bits per heavy atom.